The molecule has 2 heterocycles. The van der Waals surface area contributed by atoms with Crippen LogP contribution in [0.2, 0.25) is 5.02 Å². The molecule has 0 radical (unpaired) electrons. The maximum Gasteiger partial charge on any atom is 0.319 e. The fourth-order valence-corrected chi connectivity index (χ4v) is 6.14. The normalized spacial score (nSPS) is 20.6. The minimum Gasteiger partial charge on any atom is -0.450 e. The summed E-state index contributed by atoms with van der Waals surface area (Å²) in [7, 11) is 0. The number of aliphatic hydroxyl groups is 1. The van der Waals surface area contributed by atoms with Gasteiger partial charge in [-0.2, -0.15) is 0 Å². The number of carbonyl (C=O) groups is 2. The lowest BCUT2D eigenvalue weighted by Gasteiger charge is -2.42. The van der Waals surface area contributed by atoms with Gasteiger partial charge < -0.3 is 25.1 Å². The third-order valence-electron chi connectivity index (χ3n) is 7.36. The molecule has 8 heteroatoms. The third-order valence-corrected chi connectivity index (χ3v) is 7.66. The molecule has 0 saturated heterocycles. The van der Waals surface area contributed by atoms with E-state index in [0.717, 1.165) is 68.7 Å². The smallest absolute Gasteiger partial charge is 0.319 e. The van der Waals surface area contributed by atoms with E-state index >= 15 is 0 Å². The summed E-state index contributed by atoms with van der Waals surface area (Å²) in [5.41, 5.74) is 1.50. The first-order valence-corrected chi connectivity index (χ1v) is 12.2. The van der Waals surface area contributed by atoms with E-state index in [1.807, 2.05) is 0 Å². The van der Waals surface area contributed by atoms with Crippen molar-refractivity contribution >= 4 is 40.2 Å². The van der Waals surface area contributed by atoms with Crippen LogP contribution in [0.4, 0.5) is 10.5 Å². The Morgan fingerprint density at radius 3 is 2.59 bits per heavy atom. The van der Waals surface area contributed by atoms with Crippen LogP contribution < -0.4 is 10.6 Å². The fourth-order valence-electron chi connectivity index (χ4n) is 5.88. The molecule has 7 nitrogen and oxygen atoms in total. The van der Waals surface area contributed by atoms with Crippen molar-refractivity contribution in [2.24, 2.45) is 0 Å². The van der Waals surface area contributed by atoms with Crippen molar-refractivity contribution in [2.45, 2.75) is 75.8 Å². The highest BCUT2D eigenvalue weighted by Gasteiger charge is 2.44. The molecule has 5 rings (SSSR count). The molecule has 32 heavy (non-hydrogen) atoms. The van der Waals surface area contributed by atoms with E-state index in [4.69, 9.17) is 16.0 Å². The second-order valence-corrected chi connectivity index (χ2v) is 9.78. The second-order valence-electron chi connectivity index (χ2n) is 9.37. The number of nitrogens with zero attached hydrogens (tertiary/aromatic N) is 1. The number of anilines is 1. The van der Waals surface area contributed by atoms with Crippen LogP contribution in [0.25, 0.3) is 11.0 Å². The van der Waals surface area contributed by atoms with E-state index in [1.165, 1.54) is 6.42 Å². The molecule has 1 spiro atoms. The molecule has 0 atom stereocenters. The Bertz CT molecular complexity index is 1040. The van der Waals surface area contributed by atoms with Gasteiger partial charge in [-0.15, -0.1) is 0 Å². The first kappa shape index (κ1) is 21.6. The van der Waals surface area contributed by atoms with Crippen molar-refractivity contribution in [3.63, 3.8) is 0 Å². The molecular weight excluding hydrogens is 430 g/mol. The van der Waals surface area contributed by atoms with Crippen molar-refractivity contribution < 1.29 is 19.1 Å². The first-order chi connectivity index (χ1) is 15.5. The summed E-state index contributed by atoms with van der Waals surface area (Å²) in [6.07, 6.45) is 10.0. The van der Waals surface area contributed by atoms with Gasteiger partial charge in [0.1, 0.15) is 5.58 Å². The van der Waals surface area contributed by atoms with Gasteiger partial charge in [0.05, 0.1) is 22.9 Å². The average Bonchev–Trinajstić information content (AvgIpc) is 3.21. The summed E-state index contributed by atoms with van der Waals surface area (Å²) in [6, 6.07) is 3.38. The molecule has 2 aromatic rings. The van der Waals surface area contributed by atoms with Gasteiger partial charge >= 0.3 is 6.03 Å². The molecule has 1 aliphatic heterocycles. The van der Waals surface area contributed by atoms with Crippen molar-refractivity contribution in [3.05, 3.63) is 28.5 Å². The summed E-state index contributed by atoms with van der Waals surface area (Å²) >= 11 is 6.60. The zero-order valence-corrected chi connectivity index (χ0v) is 19.0. The largest absolute Gasteiger partial charge is 0.450 e. The van der Waals surface area contributed by atoms with Gasteiger partial charge in [-0.25, -0.2) is 4.79 Å². The van der Waals surface area contributed by atoms with Gasteiger partial charge in [-0.1, -0.05) is 50.1 Å². The van der Waals surface area contributed by atoms with Gasteiger partial charge in [0.2, 0.25) is 0 Å². The fraction of sp³-hybridized carbons (Fsp3) is 0.583. The van der Waals surface area contributed by atoms with E-state index in [9.17, 15) is 14.7 Å². The van der Waals surface area contributed by atoms with Gasteiger partial charge in [0, 0.05) is 23.5 Å². The van der Waals surface area contributed by atoms with Crippen LogP contribution in [-0.4, -0.2) is 41.1 Å². The molecule has 172 valence electrons. The molecule has 3 N–H and O–H groups in total. The minimum atomic E-state index is -0.536. The molecule has 3 amide bonds. The summed E-state index contributed by atoms with van der Waals surface area (Å²) in [6.45, 7) is 0.212. The first-order valence-electron chi connectivity index (χ1n) is 11.8. The number of halogens is 1. The highest BCUT2D eigenvalue weighted by molar-refractivity contribution is 6.35. The Morgan fingerprint density at radius 2 is 1.88 bits per heavy atom. The number of carbonyl (C=O) groups excluding carboxylic acids is 2. The maximum absolute atomic E-state index is 13.5. The predicted octanol–water partition coefficient (Wildman–Crippen LogP) is 5.15. The Labute approximate surface area is 192 Å². The molecule has 0 bridgehead atoms. The number of aliphatic hydroxyl groups excluding tert-OH is 1. The van der Waals surface area contributed by atoms with Crippen LogP contribution in [0.3, 0.4) is 0 Å². The zero-order valence-electron chi connectivity index (χ0n) is 18.2. The summed E-state index contributed by atoms with van der Waals surface area (Å²) in [4.78, 5) is 27.7. The predicted molar refractivity (Wildman–Crippen MR) is 123 cm³/mol. The monoisotopic (exact) mass is 459 g/mol. The van der Waals surface area contributed by atoms with Crippen LogP contribution in [0.5, 0.6) is 0 Å². The van der Waals surface area contributed by atoms with E-state index in [1.54, 1.807) is 17.0 Å². The van der Waals surface area contributed by atoms with Crippen LogP contribution in [-0.2, 0) is 5.54 Å². The van der Waals surface area contributed by atoms with E-state index in [2.05, 4.69) is 10.6 Å². The number of hydrogen-bond acceptors (Lipinski definition) is 4. The van der Waals surface area contributed by atoms with Crippen LogP contribution in [0, 0.1) is 0 Å². The molecule has 3 aliphatic rings. The Hall–Kier alpha value is -2.25. The number of urea groups is 1. The molecule has 1 aromatic carbocycles. The number of fused-ring (bicyclic) bond motifs is 4. The number of rotatable bonds is 4. The number of furan rings is 1. The Balaban J connectivity index is 1.59. The highest BCUT2D eigenvalue weighted by Crippen LogP contribution is 2.49. The van der Waals surface area contributed by atoms with E-state index in [0.29, 0.717) is 22.8 Å². The lowest BCUT2D eigenvalue weighted by molar-refractivity contribution is 0.0556. The lowest BCUT2D eigenvalue weighted by atomic mass is 9.74. The van der Waals surface area contributed by atoms with Crippen molar-refractivity contribution in [3.8, 4) is 0 Å². The second kappa shape index (κ2) is 8.60. The third kappa shape index (κ3) is 3.65. The zero-order chi connectivity index (χ0) is 22.3. The number of nitrogens with one attached hydrogen (secondary N) is 2. The lowest BCUT2D eigenvalue weighted by Crippen LogP contribution is -2.52. The topological polar surface area (TPSA) is 94.8 Å². The number of amides is 3. The van der Waals surface area contributed by atoms with Crippen LogP contribution in [0.15, 0.2) is 16.5 Å². The molecular formula is C24H30ClN3O4. The molecule has 1 aromatic heterocycles. The highest BCUT2D eigenvalue weighted by atomic mass is 35.5. The number of hydrogen-bond donors (Lipinski definition) is 3. The van der Waals surface area contributed by atoms with E-state index < -0.39 is 5.54 Å². The van der Waals surface area contributed by atoms with Crippen LogP contribution >= 0.6 is 11.6 Å². The summed E-state index contributed by atoms with van der Waals surface area (Å²) in [5.74, 6) is 0.0591. The Kier molecular flexibility index (Phi) is 5.80. The van der Waals surface area contributed by atoms with E-state index in [-0.39, 0.29) is 30.3 Å². The standard InChI is InChI=1S/C24H30ClN3O4/c25-17-13-15-14-18(22(30)28(11-12-29)16-7-3-1-4-8-16)32-21(15)19-20(17)26-23(31)27-24(19)9-5-2-6-10-24/h13-14,16,29H,1-12H2,(H2,26,27,31). The van der Waals surface area contributed by atoms with Crippen LogP contribution in [0.1, 0.15) is 80.3 Å². The summed E-state index contributed by atoms with van der Waals surface area (Å²) in [5, 5.41) is 16.8. The SMILES string of the molecule is O=C1Nc2c(Cl)cc3cc(C(=O)N(CCO)C4CCCCC4)oc3c2C2(CCCCC2)N1. The minimum absolute atomic E-state index is 0.0806. The van der Waals surface area contributed by atoms with Gasteiger partial charge in [-0.05, 0) is 37.8 Å². The van der Waals surface area contributed by atoms with Crippen molar-refractivity contribution in [1.29, 1.82) is 0 Å². The van der Waals surface area contributed by atoms with Gasteiger partial charge in [-0.3, -0.25) is 4.79 Å². The quantitative estimate of drug-likeness (QED) is 0.589. The van der Waals surface area contributed by atoms with Crippen molar-refractivity contribution in [1.82, 2.24) is 10.2 Å². The van der Waals surface area contributed by atoms with Gasteiger partial charge in [0.25, 0.3) is 5.91 Å². The molecule has 2 aliphatic carbocycles. The molecule has 2 fully saturated rings. The van der Waals surface area contributed by atoms with Crippen molar-refractivity contribution in [2.75, 3.05) is 18.5 Å². The maximum atomic E-state index is 13.5. The molecule has 0 unspecified atom stereocenters. The summed E-state index contributed by atoms with van der Waals surface area (Å²) < 4.78 is 6.24. The molecule has 2 saturated carbocycles. The Morgan fingerprint density at radius 1 is 1.16 bits per heavy atom. The van der Waals surface area contributed by atoms with Gasteiger partial charge in [0.15, 0.2) is 5.76 Å². The average molecular weight is 460 g/mol. The number of benzene rings is 1.